The van der Waals surface area contributed by atoms with Crippen LogP contribution in [0.5, 0.6) is 0 Å². The minimum absolute atomic E-state index is 0.789. The third-order valence-electron chi connectivity index (χ3n) is 4.90. The van der Waals surface area contributed by atoms with Crippen LogP contribution >= 0.6 is 0 Å². The molecule has 0 aromatic heterocycles. The van der Waals surface area contributed by atoms with E-state index in [-0.39, 0.29) is 0 Å². The molecule has 0 bridgehead atoms. The Bertz CT molecular complexity index is 245. The highest BCUT2D eigenvalue weighted by molar-refractivity contribution is 4.91. The first kappa shape index (κ1) is 12.0. The van der Waals surface area contributed by atoms with Gasteiger partial charge in [-0.25, -0.2) is 0 Å². The maximum absolute atomic E-state index is 3.81. The highest BCUT2D eigenvalue weighted by Crippen LogP contribution is 2.37. The summed E-state index contributed by atoms with van der Waals surface area (Å²) in [4.78, 5) is 2.80. The molecule has 1 N–H and O–H groups in total. The highest BCUT2D eigenvalue weighted by Gasteiger charge is 2.36. The van der Waals surface area contributed by atoms with E-state index in [1.54, 1.807) is 0 Å². The van der Waals surface area contributed by atoms with E-state index in [9.17, 15) is 0 Å². The summed E-state index contributed by atoms with van der Waals surface area (Å²) in [5.41, 5.74) is 0. The fourth-order valence-electron chi connectivity index (χ4n) is 3.50. The predicted molar refractivity (Wildman–Crippen MR) is 72.1 cm³/mol. The van der Waals surface area contributed by atoms with Crippen LogP contribution < -0.4 is 5.32 Å². The molecule has 1 saturated heterocycles. The van der Waals surface area contributed by atoms with Crippen LogP contribution in [0.25, 0.3) is 0 Å². The van der Waals surface area contributed by atoms with Gasteiger partial charge in [0, 0.05) is 18.6 Å². The van der Waals surface area contributed by atoms with Crippen molar-refractivity contribution in [2.45, 2.75) is 64.0 Å². The van der Waals surface area contributed by atoms with Gasteiger partial charge in [0.15, 0.2) is 0 Å². The van der Waals surface area contributed by atoms with Gasteiger partial charge in [-0.3, -0.25) is 4.90 Å². The molecule has 1 aliphatic heterocycles. The van der Waals surface area contributed by atoms with E-state index in [2.05, 4.69) is 17.1 Å². The molecule has 1 heterocycles. The first-order valence-corrected chi connectivity index (χ1v) is 7.84. The quantitative estimate of drug-likeness (QED) is 0.763. The van der Waals surface area contributed by atoms with Gasteiger partial charge in [-0.15, -0.1) is 0 Å². The molecular weight excluding hydrogens is 208 g/mol. The van der Waals surface area contributed by atoms with Gasteiger partial charge in [-0.2, -0.15) is 0 Å². The Balaban J connectivity index is 1.47. The summed E-state index contributed by atoms with van der Waals surface area (Å²) < 4.78 is 0. The fourth-order valence-corrected chi connectivity index (χ4v) is 3.50. The lowest BCUT2D eigenvalue weighted by Gasteiger charge is -2.38. The molecule has 3 fully saturated rings. The van der Waals surface area contributed by atoms with Gasteiger partial charge in [0.05, 0.1) is 0 Å². The molecule has 2 atom stereocenters. The standard InChI is InChI=1S/C15H28N2/c1-2-15(13-7-8-13)17-9-3-4-14(11-17)16-10-12-5-6-12/h12-16H,2-11H2,1H3. The Hall–Kier alpha value is -0.0800. The van der Waals surface area contributed by atoms with Crippen LogP contribution in [0, 0.1) is 11.8 Å². The van der Waals surface area contributed by atoms with Crippen LogP contribution in [0.15, 0.2) is 0 Å². The van der Waals surface area contributed by atoms with Crippen LogP contribution in [0.4, 0.5) is 0 Å². The van der Waals surface area contributed by atoms with Crippen molar-refractivity contribution in [2.75, 3.05) is 19.6 Å². The Morgan fingerprint density at radius 1 is 1.18 bits per heavy atom. The van der Waals surface area contributed by atoms with E-state index in [0.29, 0.717) is 0 Å². The predicted octanol–water partition coefficient (Wildman–Crippen LogP) is 2.64. The van der Waals surface area contributed by atoms with Crippen molar-refractivity contribution < 1.29 is 0 Å². The smallest absolute Gasteiger partial charge is 0.0195 e. The average molecular weight is 236 g/mol. The number of rotatable bonds is 6. The van der Waals surface area contributed by atoms with Gasteiger partial charge in [0.25, 0.3) is 0 Å². The molecule has 3 aliphatic rings. The zero-order valence-electron chi connectivity index (χ0n) is 11.3. The van der Waals surface area contributed by atoms with Crippen molar-refractivity contribution >= 4 is 0 Å². The number of nitrogens with zero attached hydrogens (tertiary/aromatic N) is 1. The molecule has 2 aliphatic carbocycles. The zero-order chi connectivity index (χ0) is 11.7. The largest absolute Gasteiger partial charge is 0.312 e. The molecule has 98 valence electrons. The summed E-state index contributed by atoms with van der Waals surface area (Å²) in [5, 5.41) is 3.81. The van der Waals surface area contributed by atoms with Crippen molar-refractivity contribution in [1.82, 2.24) is 10.2 Å². The van der Waals surface area contributed by atoms with E-state index in [0.717, 1.165) is 23.9 Å². The summed E-state index contributed by atoms with van der Waals surface area (Å²) in [7, 11) is 0. The molecule has 0 aromatic carbocycles. The Labute approximate surface area is 106 Å². The maximum Gasteiger partial charge on any atom is 0.0195 e. The minimum atomic E-state index is 0.789. The average Bonchev–Trinajstić information content (AvgIpc) is 3.22. The number of piperidine rings is 1. The van der Waals surface area contributed by atoms with E-state index in [4.69, 9.17) is 0 Å². The lowest BCUT2D eigenvalue weighted by Crippen LogP contribution is -2.50. The number of nitrogens with one attached hydrogen (secondary N) is 1. The molecular formula is C15H28N2. The summed E-state index contributed by atoms with van der Waals surface area (Å²) in [6.45, 7) is 6.35. The Kier molecular flexibility index (Phi) is 3.72. The monoisotopic (exact) mass is 236 g/mol. The highest BCUT2D eigenvalue weighted by atomic mass is 15.2. The van der Waals surface area contributed by atoms with E-state index < -0.39 is 0 Å². The fraction of sp³-hybridized carbons (Fsp3) is 1.00. The van der Waals surface area contributed by atoms with Crippen molar-refractivity contribution in [2.24, 2.45) is 11.8 Å². The SMILES string of the molecule is CCC(C1CC1)N1CCCC(NCC2CC2)C1. The second-order valence-electron chi connectivity index (χ2n) is 6.50. The first-order chi connectivity index (χ1) is 8.36. The second-order valence-corrected chi connectivity index (χ2v) is 6.50. The van der Waals surface area contributed by atoms with Crippen molar-refractivity contribution in [1.29, 1.82) is 0 Å². The Morgan fingerprint density at radius 2 is 2.00 bits per heavy atom. The lowest BCUT2D eigenvalue weighted by atomic mass is 10.00. The molecule has 17 heavy (non-hydrogen) atoms. The van der Waals surface area contributed by atoms with E-state index >= 15 is 0 Å². The Morgan fingerprint density at radius 3 is 2.65 bits per heavy atom. The molecule has 0 aromatic rings. The van der Waals surface area contributed by atoms with Gasteiger partial charge in [0.2, 0.25) is 0 Å². The summed E-state index contributed by atoms with van der Waals surface area (Å²) >= 11 is 0. The molecule has 2 saturated carbocycles. The van der Waals surface area contributed by atoms with Crippen LogP contribution in [-0.2, 0) is 0 Å². The minimum Gasteiger partial charge on any atom is -0.312 e. The molecule has 0 spiro atoms. The third-order valence-corrected chi connectivity index (χ3v) is 4.90. The molecule has 2 unspecified atom stereocenters. The van der Waals surface area contributed by atoms with Crippen LogP contribution in [0.2, 0.25) is 0 Å². The van der Waals surface area contributed by atoms with E-state index in [1.807, 2.05) is 0 Å². The molecule has 3 rings (SSSR count). The zero-order valence-corrected chi connectivity index (χ0v) is 11.3. The first-order valence-electron chi connectivity index (χ1n) is 7.84. The molecule has 0 amide bonds. The normalized spacial score (nSPS) is 32.6. The van der Waals surface area contributed by atoms with Gasteiger partial charge < -0.3 is 5.32 Å². The van der Waals surface area contributed by atoms with Gasteiger partial charge in [0.1, 0.15) is 0 Å². The van der Waals surface area contributed by atoms with Gasteiger partial charge in [-0.05, 0) is 69.9 Å². The molecule has 2 heteroatoms. The topological polar surface area (TPSA) is 15.3 Å². The third kappa shape index (κ3) is 3.23. The summed E-state index contributed by atoms with van der Waals surface area (Å²) in [6.07, 6.45) is 10.1. The van der Waals surface area contributed by atoms with Crippen molar-refractivity contribution in [3.05, 3.63) is 0 Å². The number of hydrogen-bond donors (Lipinski definition) is 1. The van der Waals surface area contributed by atoms with Crippen molar-refractivity contribution in [3.8, 4) is 0 Å². The maximum atomic E-state index is 3.81. The van der Waals surface area contributed by atoms with E-state index in [1.165, 1.54) is 64.6 Å². The summed E-state index contributed by atoms with van der Waals surface area (Å²) in [5.74, 6) is 2.07. The van der Waals surface area contributed by atoms with Crippen LogP contribution in [0.1, 0.15) is 51.9 Å². The van der Waals surface area contributed by atoms with Gasteiger partial charge >= 0.3 is 0 Å². The number of hydrogen-bond acceptors (Lipinski definition) is 2. The molecule has 2 nitrogen and oxygen atoms in total. The second kappa shape index (κ2) is 5.27. The lowest BCUT2D eigenvalue weighted by molar-refractivity contribution is 0.119. The number of likely N-dealkylation sites (tertiary alicyclic amines) is 1. The van der Waals surface area contributed by atoms with Crippen LogP contribution in [0.3, 0.4) is 0 Å². The molecule has 0 radical (unpaired) electrons. The van der Waals surface area contributed by atoms with Gasteiger partial charge in [-0.1, -0.05) is 6.92 Å². The van der Waals surface area contributed by atoms with Crippen LogP contribution in [-0.4, -0.2) is 36.6 Å². The summed E-state index contributed by atoms with van der Waals surface area (Å²) in [6, 6.07) is 1.69. The van der Waals surface area contributed by atoms with Crippen molar-refractivity contribution in [3.63, 3.8) is 0 Å².